The van der Waals surface area contributed by atoms with Gasteiger partial charge in [0.25, 0.3) is 5.91 Å². The average Bonchev–Trinajstić information content (AvgIpc) is 3.04. The van der Waals surface area contributed by atoms with E-state index in [1.54, 1.807) is 0 Å². The first-order valence-corrected chi connectivity index (χ1v) is 7.99. The predicted octanol–water partition coefficient (Wildman–Crippen LogP) is 3.66. The van der Waals surface area contributed by atoms with Crippen molar-refractivity contribution >= 4 is 33.0 Å². The first-order chi connectivity index (χ1) is 9.60. The van der Waals surface area contributed by atoms with Crippen molar-refractivity contribution in [2.75, 3.05) is 18.8 Å². The Hall–Kier alpha value is -1.55. The van der Waals surface area contributed by atoms with Crippen molar-refractivity contribution in [1.29, 1.82) is 0 Å². The highest BCUT2D eigenvalue weighted by molar-refractivity contribution is 7.21. The number of likely N-dealkylation sites (tertiary alicyclic amines) is 1. The molecule has 1 unspecified atom stereocenters. The molecule has 2 heterocycles. The van der Waals surface area contributed by atoms with Crippen molar-refractivity contribution in [2.45, 2.75) is 26.7 Å². The lowest BCUT2D eigenvalue weighted by molar-refractivity contribution is 0.0792. The van der Waals surface area contributed by atoms with Crippen LogP contribution in [0.4, 0.5) is 5.69 Å². The maximum Gasteiger partial charge on any atom is 0.266 e. The Morgan fingerprint density at radius 3 is 3.00 bits per heavy atom. The molecule has 1 aliphatic rings. The molecule has 1 aromatic heterocycles. The van der Waals surface area contributed by atoms with Crippen LogP contribution in [0.3, 0.4) is 0 Å². The number of amides is 1. The summed E-state index contributed by atoms with van der Waals surface area (Å²) in [4.78, 5) is 15.3. The highest BCUT2D eigenvalue weighted by atomic mass is 32.1. The van der Waals surface area contributed by atoms with Crippen LogP contribution in [0.2, 0.25) is 0 Å². The van der Waals surface area contributed by atoms with Crippen molar-refractivity contribution in [3.63, 3.8) is 0 Å². The number of hydrogen-bond acceptors (Lipinski definition) is 3. The van der Waals surface area contributed by atoms with E-state index in [4.69, 9.17) is 5.73 Å². The second-order valence-electron chi connectivity index (χ2n) is 5.66. The number of hydrogen-bond donors (Lipinski definition) is 1. The van der Waals surface area contributed by atoms with Gasteiger partial charge in [-0.25, -0.2) is 0 Å². The molecule has 0 aliphatic carbocycles. The fraction of sp³-hybridized carbons (Fsp3) is 0.438. The van der Waals surface area contributed by atoms with Crippen LogP contribution in [0, 0.1) is 12.8 Å². The summed E-state index contributed by atoms with van der Waals surface area (Å²) in [7, 11) is 0. The lowest BCUT2D eigenvalue weighted by atomic mass is 10.1. The average molecular weight is 288 g/mol. The number of benzene rings is 1. The molecule has 0 radical (unpaired) electrons. The molecule has 1 atom stereocenters. The van der Waals surface area contributed by atoms with Gasteiger partial charge in [0, 0.05) is 23.2 Å². The van der Waals surface area contributed by atoms with Crippen molar-refractivity contribution in [3.05, 3.63) is 28.6 Å². The van der Waals surface area contributed by atoms with Crippen LogP contribution in [-0.2, 0) is 0 Å². The summed E-state index contributed by atoms with van der Waals surface area (Å²) in [5.74, 6) is 0.758. The van der Waals surface area contributed by atoms with Gasteiger partial charge in [-0.1, -0.05) is 25.0 Å². The Morgan fingerprint density at radius 1 is 1.50 bits per heavy atom. The fourth-order valence-electron chi connectivity index (χ4n) is 2.88. The summed E-state index contributed by atoms with van der Waals surface area (Å²) in [5, 5.41) is 1.02. The number of nitrogen functional groups attached to an aromatic ring is 1. The summed E-state index contributed by atoms with van der Waals surface area (Å²) in [5.41, 5.74) is 8.03. The Labute approximate surface area is 123 Å². The molecule has 2 aromatic rings. The van der Waals surface area contributed by atoms with E-state index in [-0.39, 0.29) is 5.91 Å². The summed E-state index contributed by atoms with van der Waals surface area (Å²) in [6, 6.07) is 6.19. The minimum atomic E-state index is 0.109. The summed E-state index contributed by atoms with van der Waals surface area (Å²) in [6.45, 7) is 5.98. The van der Waals surface area contributed by atoms with Gasteiger partial charge < -0.3 is 10.6 Å². The normalized spacial score (nSPS) is 18.9. The van der Waals surface area contributed by atoms with Crippen LogP contribution >= 0.6 is 11.3 Å². The highest BCUT2D eigenvalue weighted by Gasteiger charge is 2.28. The number of thiophene rings is 1. The largest absolute Gasteiger partial charge is 0.397 e. The first kappa shape index (κ1) is 13.4. The van der Waals surface area contributed by atoms with E-state index >= 15 is 0 Å². The molecule has 1 aliphatic heterocycles. The topological polar surface area (TPSA) is 46.3 Å². The smallest absolute Gasteiger partial charge is 0.266 e. The van der Waals surface area contributed by atoms with Crippen LogP contribution in [0.15, 0.2) is 18.2 Å². The number of anilines is 1. The molecular weight excluding hydrogens is 268 g/mol. The molecule has 106 valence electrons. The molecular formula is C16H20N2OS. The lowest BCUT2D eigenvalue weighted by Gasteiger charge is -2.15. The minimum Gasteiger partial charge on any atom is -0.397 e. The van der Waals surface area contributed by atoms with E-state index in [1.165, 1.54) is 16.9 Å². The zero-order valence-corrected chi connectivity index (χ0v) is 12.8. The van der Waals surface area contributed by atoms with Crippen molar-refractivity contribution < 1.29 is 4.79 Å². The number of nitrogens with two attached hydrogens (primary N) is 1. The summed E-state index contributed by atoms with van der Waals surface area (Å²) >= 11 is 1.52. The number of fused-ring (bicyclic) bond motifs is 1. The zero-order valence-electron chi connectivity index (χ0n) is 12.0. The van der Waals surface area contributed by atoms with Crippen molar-refractivity contribution in [3.8, 4) is 0 Å². The summed E-state index contributed by atoms with van der Waals surface area (Å²) in [6.07, 6.45) is 2.26. The maximum absolute atomic E-state index is 12.6. The number of rotatable bonds is 2. The van der Waals surface area contributed by atoms with E-state index in [1.807, 2.05) is 11.8 Å². The third-order valence-corrected chi connectivity index (χ3v) is 5.40. The van der Waals surface area contributed by atoms with Crippen LogP contribution in [0.25, 0.3) is 10.1 Å². The van der Waals surface area contributed by atoms with Gasteiger partial charge in [0.05, 0.1) is 5.69 Å². The second-order valence-corrected chi connectivity index (χ2v) is 6.71. The molecule has 0 saturated carbocycles. The Morgan fingerprint density at radius 2 is 2.30 bits per heavy atom. The SMILES string of the molecule is CCC1CCN(C(=O)c2sc3ccc(C)cc3c2N)C1. The second kappa shape index (κ2) is 5.09. The van der Waals surface area contributed by atoms with Crippen molar-refractivity contribution in [2.24, 2.45) is 5.92 Å². The fourth-order valence-corrected chi connectivity index (χ4v) is 3.95. The third-order valence-electron chi connectivity index (χ3n) is 4.23. The molecule has 4 heteroatoms. The number of nitrogens with zero attached hydrogens (tertiary/aromatic N) is 1. The van der Waals surface area contributed by atoms with Crippen LogP contribution in [0.5, 0.6) is 0 Å². The summed E-state index contributed by atoms with van der Waals surface area (Å²) < 4.78 is 1.10. The van der Waals surface area contributed by atoms with E-state index in [9.17, 15) is 4.79 Å². The Balaban J connectivity index is 1.94. The van der Waals surface area contributed by atoms with E-state index < -0.39 is 0 Å². The van der Waals surface area contributed by atoms with Gasteiger partial charge >= 0.3 is 0 Å². The van der Waals surface area contributed by atoms with E-state index in [0.29, 0.717) is 16.5 Å². The molecule has 0 bridgehead atoms. The zero-order chi connectivity index (χ0) is 14.3. The number of carbonyl (C=O) groups is 1. The third kappa shape index (κ3) is 2.18. The highest BCUT2D eigenvalue weighted by Crippen LogP contribution is 2.36. The standard InChI is InChI=1S/C16H20N2OS/c1-3-11-6-7-18(9-11)16(19)15-14(17)12-8-10(2)4-5-13(12)20-15/h4-5,8,11H,3,6-7,9,17H2,1-2H3. The lowest BCUT2D eigenvalue weighted by Crippen LogP contribution is -2.28. The van der Waals surface area contributed by atoms with Gasteiger partial charge in [-0.15, -0.1) is 11.3 Å². The molecule has 2 N–H and O–H groups in total. The molecule has 1 fully saturated rings. The Bertz CT molecular complexity index is 662. The van der Waals surface area contributed by atoms with Gasteiger partial charge in [-0.2, -0.15) is 0 Å². The molecule has 1 saturated heterocycles. The van der Waals surface area contributed by atoms with Gasteiger partial charge in [0.15, 0.2) is 0 Å². The Kier molecular flexibility index (Phi) is 3.42. The van der Waals surface area contributed by atoms with Gasteiger partial charge in [-0.05, 0) is 31.4 Å². The maximum atomic E-state index is 12.6. The molecule has 3 nitrogen and oxygen atoms in total. The number of carbonyl (C=O) groups excluding carboxylic acids is 1. The predicted molar refractivity (Wildman–Crippen MR) is 85.3 cm³/mol. The molecule has 20 heavy (non-hydrogen) atoms. The first-order valence-electron chi connectivity index (χ1n) is 7.18. The molecule has 3 rings (SSSR count). The quantitative estimate of drug-likeness (QED) is 0.916. The van der Waals surface area contributed by atoms with Crippen LogP contribution in [-0.4, -0.2) is 23.9 Å². The van der Waals surface area contributed by atoms with Crippen LogP contribution in [0.1, 0.15) is 35.0 Å². The van der Waals surface area contributed by atoms with Gasteiger partial charge in [0.1, 0.15) is 4.88 Å². The van der Waals surface area contributed by atoms with E-state index in [2.05, 4.69) is 25.1 Å². The van der Waals surface area contributed by atoms with E-state index in [0.717, 1.165) is 36.0 Å². The van der Waals surface area contributed by atoms with Crippen LogP contribution < -0.4 is 5.73 Å². The van der Waals surface area contributed by atoms with Crippen molar-refractivity contribution in [1.82, 2.24) is 4.90 Å². The molecule has 1 amide bonds. The number of aryl methyl sites for hydroxylation is 1. The van der Waals surface area contributed by atoms with Gasteiger partial charge in [-0.3, -0.25) is 4.79 Å². The molecule has 1 aromatic carbocycles. The minimum absolute atomic E-state index is 0.109. The molecule has 0 spiro atoms. The monoisotopic (exact) mass is 288 g/mol. The van der Waals surface area contributed by atoms with Gasteiger partial charge in [0.2, 0.25) is 0 Å².